The molecule has 10 heteroatoms. The van der Waals surface area contributed by atoms with Gasteiger partial charge in [-0.25, -0.2) is 9.97 Å². The molecule has 5 aromatic carbocycles. The molecule has 1 saturated heterocycles. The topological polar surface area (TPSA) is 120 Å². The van der Waals surface area contributed by atoms with E-state index in [2.05, 4.69) is 15.3 Å². The molecule has 53 heavy (non-hydrogen) atoms. The minimum atomic E-state index is -0.627. The van der Waals surface area contributed by atoms with Crippen LogP contribution in [0.1, 0.15) is 51.6 Å². The summed E-state index contributed by atoms with van der Waals surface area (Å²) in [6.07, 6.45) is 1.07. The molecule has 0 radical (unpaired) electrons. The Kier molecular flexibility index (Phi) is 10.4. The summed E-state index contributed by atoms with van der Waals surface area (Å²) < 4.78 is 19.6. The van der Waals surface area contributed by atoms with Crippen molar-refractivity contribution in [2.75, 3.05) is 5.75 Å². The number of nitrogens with one attached hydrogen (secondary N) is 1. The summed E-state index contributed by atoms with van der Waals surface area (Å²) >= 11 is 1.52. The Labute approximate surface area is 311 Å². The van der Waals surface area contributed by atoms with E-state index in [0.717, 1.165) is 50.4 Å². The Bertz CT molecular complexity index is 2240. The summed E-state index contributed by atoms with van der Waals surface area (Å²) in [6.45, 7) is 0.302. The third kappa shape index (κ3) is 8.06. The second-order valence-corrected chi connectivity index (χ2v) is 13.7. The van der Waals surface area contributed by atoms with E-state index in [-0.39, 0.29) is 30.4 Å². The van der Waals surface area contributed by atoms with E-state index in [1.807, 2.05) is 133 Å². The highest BCUT2D eigenvalue weighted by Gasteiger charge is 2.33. The SMILES string of the molecule is O=C(NCc1ccc(C2OC(CSc3nc(-c4ccccc4)c(-c4ccccc4)o3)CC(c3ccc(CO)cc3)O2)cc1)c1cnc2ccccc2n1. The number of aliphatic hydroxyl groups excluding tert-OH is 1. The van der Waals surface area contributed by atoms with Crippen molar-refractivity contribution < 1.29 is 23.8 Å². The van der Waals surface area contributed by atoms with Gasteiger partial charge >= 0.3 is 0 Å². The normalized spacial score (nSPS) is 17.1. The fourth-order valence-corrected chi connectivity index (χ4v) is 7.10. The number of para-hydroxylation sites is 2. The van der Waals surface area contributed by atoms with Gasteiger partial charge in [0.05, 0.1) is 36.0 Å². The molecule has 2 aromatic heterocycles. The lowest BCUT2D eigenvalue weighted by atomic mass is 10.0. The Morgan fingerprint density at radius 3 is 2.13 bits per heavy atom. The number of carbonyl (C=O) groups excluding carboxylic acids is 1. The van der Waals surface area contributed by atoms with Gasteiger partial charge in [-0.1, -0.05) is 133 Å². The summed E-state index contributed by atoms with van der Waals surface area (Å²) in [5.41, 5.74) is 8.06. The van der Waals surface area contributed by atoms with E-state index in [9.17, 15) is 9.90 Å². The number of aromatic nitrogens is 3. The number of nitrogens with zero attached hydrogens (tertiary/aromatic N) is 3. The van der Waals surface area contributed by atoms with Crippen molar-refractivity contribution >= 4 is 28.7 Å². The number of carbonyl (C=O) groups is 1. The van der Waals surface area contributed by atoms with Crippen LogP contribution in [0.25, 0.3) is 33.6 Å². The Hall–Kier alpha value is -5.65. The molecular formula is C43H36N4O5S. The molecule has 8 rings (SSSR count). The zero-order chi connectivity index (χ0) is 36.0. The number of benzene rings is 5. The summed E-state index contributed by atoms with van der Waals surface area (Å²) in [6, 6.07) is 43.2. The first-order chi connectivity index (χ1) is 26.1. The minimum Gasteiger partial charge on any atom is -0.431 e. The second-order valence-electron chi connectivity index (χ2n) is 12.7. The zero-order valence-electron chi connectivity index (χ0n) is 28.7. The quantitative estimate of drug-likeness (QED) is 0.127. The second kappa shape index (κ2) is 15.9. The molecular weight excluding hydrogens is 685 g/mol. The highest BCUT2D eigenvalue weighted by Crippen LogP contribution is 2.41. The van der Waals surface area contributed by atoms with E-state index in [0.29, 0.717) is 29.5 Å². The van der Waals surface area contributed by atoms with Crippen LogP contribution in [0.4, 0.5) is 0 Å². The molecule has 1 aliphatic heterocycles. The Morgan fingerprint density at radius 1 is 0.736 bits per heavy atom. The van der Waals surface area contributed by atoms with Gasteiger partial charge in [0.25, 0.3) is 11.1 Å². The van der Waals surface area contributed by atoms with E-state index in [1.54, 1.807) is 0 Å². The lowest BCUT2D eigenvalue weighted by molar-refractivity contribution is -0.245. The van der Waals surface area contributed by atoms with Crippen LogP contribution in [0.2, 0.25) is 0 Å². The van der Waals surface area contributed by atoms with E-state index < -0.39 is 6.29 Å². The number of ether oxygens (including phenoxy) is 2. The van der Waals surface area contributed by atoms with Crippen molar-refractivity contribution in [3.8, 4) is 22.6 Å². The van der Waals surface area contributed by atoms with Crippen molar-refractivity contribution in [3.05, 3.63) is 168 Å². The van der Waals surface area contributed by atoms with Crippen LogP contribution in [-0.4, -0.2) is 37.8 Å². The van der Waals surface area contributed by atoms with E-state index in [1.165, 1.54) is 18.0 Å². The fourth-order valence-electron chi connectivity index (χ4n) is 6.26. The molecule has 0 aliphatic carbocycles. The summed E-state index contributed by atoms with van der Waals surface area (Å²) in [4.78, 5) is 26.6. The lowest BCUT2D eigenvalue weighted by Crippen LogP contribution is -2.31. The van der Waals surface area contributed by atoms with Crippen LogP contribution >= 0.6 is 11.8 Å². The molecule has 3 heterocycles. The monoisotopic (exact) mass is 720 g/mol. The highest BCUT2D eigenvalue weighted by atomic mass is 32.2. The van der Waals surface area contributed by atoms with E-state index >= 15 is 0 Å². The third-order valence-electron chi connectivity index (χ3n) is 9.08. The van der Waals surface area contributed by atoms with Gasteiger partial charge in [0.15, 0.2) is 12.1 Å². The Morgan fingerprint density at radius 2 is 1.40 bits per heavy atom. The molecule has 0 spiro atoms. The van der Waals surface area contributed by atoms with Crippen molar-refractivity contribution in [2.45, 2.75) is 43.3 Å². The van der Waals surface area contributed by atoms with Gasteiger partial charge < -0.3 is 24.3 Å². The first-order valence-corrected chi connectivity index (χ1v) is 18.4. The fraction of sp³-hybridized carbons (Fsp3) is 0.163. The number of oxazole rings is 1. The summed E-state index contributed by atoms with van der Waals surface area (Å²) in [7, 11) is 0. The van der Waals surface area contributed by atoms with Crippen LogP contribution in [0.15, 0.2) is 149 Å². The predicted octanol–water partition coefficient (Wildman–Crippen LogP) is 8.71. The van der Waals surface area contributed by atoms with Gasteiger partial charge in [-0.05, 0) is 28.8 Å². The van der Waals surface area contributed by atoms with Crippen LogP contribution in [0.3, 0.4) is 0 Å². The minimum absolute atomic E-state index is 0.0225. The summed E-state index contributed by atoms with van der Waals surface area (Å²) in [5, 5.41) is 13.1. The highest BCUT2D eigenvalue weighted by molar-refractivity contribution is 7.99. The molecule has 264 valence electrons. The van der Waals surface area contributed by atoms with Crippen LogP contribution in [0.5, 0.6) is 0 Å². The number of hydrogen-bond donors (Lipinski definition) is 2. The Balaban J connectivity index is 0.980. The molecule has 0 saturated carbocycles. The van der Waals surface area contributed by atoms with Gasteiger partial charge in [0.1, 0.15) is 11.4 Å². The first kappa shape index (κ1) is 34.4. The number of aliphatic hydroxyl groups is 1. The predicted molar refractivity (Wildman–Crippen MR) is 204 cm³/mol. The van der Waals surface area contributed by atoms with Gasteiger partial charge in [0.2, 0.25) is 0 Å². The van der Waals surface area contributed by atoms with E-state index in [4.69, 9.17) is 18.9 Å². The summed E-state index contributed by atoms with van der Waals surface area (Å²) in [5.74, 6) is 1.03. The van der Waals surface area contributed by atoms with Crippen LogP contribution in [-0.2, 0) is 22.6 Å². The lowest BCUT2D eigenvalue weighted by Gasteiger charge is -2.36. The van der Waals surface area contributed by atoms with Gasteiger partial charge in [-0.2, -0.15) is 0 Å². The number of rotatable bonds is 11. The van der Waals surface area contributed by atoms with Crippen molar-refractivity contribution in [3.63, 3.8) is 0 Å². The smallest absolute Gasteiger partial charge is 0.271 e. The number of fused-ring (bicyclic) bond motifs is 1. The molecule has 7 aromatic rings. The van der Waals surface area contributed by atoms with Crippen LogP contribution in [0, 0.1) is 0 Å². The van der Waals surface area contributed by atoms with Crippen LogP contribution < -0.4 is 5.32 Å². The standard InChI is InChI=1S/C43H36N4O5S/c48-26-29-17-19-30(20-18-29)38-23-34(27-53-43-47-39(31-9-3-1-4-10-31)40(52-43)32-11-5-2-6-12-32)50-42(51-38)33-21-15-28(16-22-33)24-45-41(49)37-25-44-35-13-7-8-14-36(35)46-37/h1-22,25,34,38,42,48H,23-24,26-27H2,(H,45,49). The third-order valence-corrected chi connectivity index (χ3v) is 10.0. The number of hydrogen-bond acceptors (Lipinski definition) is 9. The largest absolute Gasteiger partial charge is 0.431 e. The molecule has 1 aliphatic rings. The molecule has 3 unspecified atom stereocenters. The van der Waals surface area contributed by atoms with Gasteiger partial charge in [0, 0.05) is 35.4 Å². The molecule has 1 amide bonds. The average molecular weight is 721 g/mol. The van der Waals surface area contributed by atoms with Crippen molar-refractivity contribution in [2.24, 2.45) is 0 Å². The molecule has 2 N–H and O–H groups in total. The maximum atomic E-state index is 12.9. The molecule has 1 fully saturated rings. The number of thioether (sulfide) groups is 1. The maximum Gasteiger partial charge on any atom is 0.271 e. The van der Waals surface area contributed by atoms with Crippen molar-refractivity contribution in [1.82, 2.24) is 20.3 Å². The average Bonchev–Trinajstić information content (AvgIpc) is 3.67. The molecule has 9 nitrogen and oxygen atoms in total. The number of amides is 1. The van der Waals surface area contributed by atoms with Gasteiger partial charge in [-0.3, -0.25) is 9.78 Å². The first-order valence-electron chi connectivity index (χ1n) is 17.4. The van der Waals surface area contributed by atoms with Gasteiger partial charge in [-0.15, -0.1) is 0 Å². The molecule has 3 atom stereocenters. The zero-order valence-corrected chi connectivity index (χ0v) is 29.5. The molecule has 0 bridgehead atoms. The maximum absolute atomic E-state index is 12.9. The van der Waals surface area contributed by atoms with Crippen molar-refractivity contribution in [1.29, 1.82) is 0 Å².